The van der Waals surface area contributed by atoms with E-state index in [4.69, 9.17) is 4.42 Å². The average Bonchev–Trinajstić information content (AvgIpc) is 3.16. The number of carbonyl (C=O) groups excluding carboxylic acids is 1. The number of nitro groups is 1. The second kappa shape index (κ2) is 8.74. The Morgan fingerprint density at radius 1 is 1.10 bits per heavy atom. The molecule has 1 heterocycles. The maximum atomic E-state index is 13.2. The number of hydrogen-bond acceptors (Lipinski definition) is 6. The van der Waals surface area contributed by atoms with Crippen LogP contribution in [-0.4, -0.2) is 23.6 Å². The van der Waals surface area contributed by atoms with Crippen molar-refractivity contribution in [1.82, 2.24) is 5.43 Å². The summed E-state index contributed by atoms with van der Waals surface area (Å²) in [5.74, 6) is -1.18. The van der Waals surface area contributed by atoms with Crippen LogP contribution in [0.2, 0.25) is 0 Å². The van der Waals surface area contributed by atoms with Crippen molar-refractivity contribution in [2.24, 2.45) is 5.10 Å². The number of furan rings is 1. The second-order valence-electron chi connectivity index (χ2n) is 5.77. The van der Waals surface area contributed by atoms with Crippen molar-refractivity contribution in [3.05, 3.63) is 82.1 Å². The van der Waals surface area contributed by atoms with Gasteiger partial charge in [-0.1, -0.05) is 0 Å². The summed E-state index contributed by atoms with van der Waals surface area (Å²) in [7, 11) is 0. The molecule has 0 fully saturated rings. The number of amides is 1. The van der Waals surface area contributed by atoms with E-state index in [0.717, 1.165) is 12.1 Å². The van der Waals surface area contributed by atoms with Crippen LogP contribution in [0.5, 0.6) is 0 Å². The van der Waals surface area contributed by atoms with Gasteiger partial charge in [0.1, 0.15) is 23.2 Å². The number of hydrogen-bond donors (Lipinski definition) is 2. The van der Waals surface area contributed by atoms with E-state index in [2.05, 4.69) is 15.8 Å². The molecule has 0 aliphatic rings. The van der Waals surface area contributed by atoms with Crippen molar-refractivity contribution in [2.75, 3.05) is 11.9 Å². The normalized spacial score (nSPS) is 10.8. The van der Waals surface area contributed by atoms with Crippen LogP contribution in [0, 0.1) is 21.7 Å². The van der Waals surface area contributed by atoms with Crippen LogP contribution >= 0.6 is 0 Å². The van der Waals surface area contributed by atoms with E-state index in [0.29, 0.717) is 5.69 Å². The molecule has 8 nitrogen and oxygen atoms in total. The molecule has 2 aromatic carbocycles. The number of nitro benzene ring substituents is 1. The fourth-order valence-electron chi connectivity index (χ4n) is 2.39. The molecule has 29 heavy (non-hydrogen) atoms. The highest BCUT2D eigenvalue weighted by Crippen LogP contribution is 2.31. The number of benzene rings is 2. The quantitative estimate of drug-likeness (QED) is 0.357. The largest absolute Gasteiger partial charge is 0.455 e. The van der Waals surface area contributed by atoms with E-state index in [1.165, 1.54) is 48.7 Å². The van der Waals surface area contributed by atoms with Crippen LogP contribution in [0.3, 0.4) is 0 Å². The minimum atomic E-state index is -0.731. The van der Waals surface area contributed by atoms with Gasteiger partial charge < -0.3 is 9.73 Å². The van der Waals surface area contributed by atoms with Crippen LogP contribution in [0.4, 0.5) is 20.2 Å². The molecule has 0 unspecified atom stereocenters. The van der Waals surface area contributed by atoms with E-state index >= 15 is 0 Å². The summed E-state index contributed by atoms with van der Waals surface area (Å²) in [6, 6.07) is 11.6. The van der Waals surface area contributed by atoms with Gasteiger partial charge in [0, 0.05) is 5.69 Å². The van der Waals surface area contributed by atoms with E-state index < -0.39 is 22.3 Å². The molecule has 3 rings (SSSR count). The fraction of sp³-hybridized carbons (Fsp3) is 0.0526. The van der Waals surface area contributed by atoms with Gasteiger partial charge >= 0.3 is 0 Å². The first-order valence-electron chi connectivity index (χ1n) is 8.28. The molecule has 0 spiro atoms. The third-order valence-corrected chi connectivity index (χ3v) is 3.73. The zero-order valence-electron chi connectivity index (χ0n) is 14.8. The monoisotopic (exact) mass is 400 g/mol. The maximum Gasteiger partial charge on any atom is 0.283 e. The lowest BCUT2D eigenvalue weighted by Gasteiger charge is -2.04. The summed E-state index contributed by atoms with van der Waals surface area (Å²) in [6.07, 6.45) is 1.22. The molecule has 1 amide bonds. The number of rotatable bonds is 7. The Morgan fingerprint density at radius 2 is 1.83 bits per heavy atom. The molecule has 0 aliphatic carbocycles. The van der Waals surface area contributed by atoms with E-state index in [-0.39, 0.29) is 29.4 Å². The van der Waals surface area contributed by atoms with Gasteiger partial charge in [-0.3, -0.25) is 14.9 Å². The van der Waals surface area contributed by atoms with Crippen LogP contribution < -0.4 is 10.7 Å². The summed E-state index contributed by atoms with van der Waals surface area (Å²) < 4.78 is 31.5. The smallest absolute Gasteiger partial charge is 0.283 e. The van der Waals surface area contributed by atoms with Crippen molar-refractivity contribution < 1.29 is 22.9 Å². The first kappa shape index (κ1) is 19.7. The highest BCUT2D eigenvalue weighted by atomic mass is 19.1. The Morgan fingerprint density at radius 3 is 2.55 bits per heavy atom. The Hall–Kier alpha value is -4.08. The lowest BCUT2D eigenvalue weighted by molar-refractivity contribution is -0.384. The Balaban J connectivity index is 1.59. The van der Waals surface area contributed by atoms with Gasteiger partial charge in [-0.25, -0.2) is 14.2 Å². The van der Waals surface area contributed by atoms with E-state index in [9.17, 15) is 23.7 Å². The number of carbonyl (C=O) groups is 1. The fourth-order valence-corrected chi connectivity index (χ4v) is 2.39. The van der Waals surface area contributed by atoms with Crippen LogP contribution in [0.1, 0.15) is 5.76 Å². The Bertz CT molecular complexity index is 1060. The molecule has 0 aliphatic heterocycles. The lowest BCUT2D eigenvalue weighted by Crippen LogP contribution is -2.25. The molecule has 0 saturated carbocycles. The molecule has 0 radical (unpaired) electrons. The summed E-state index contributed by atoms with van der Waals surface area (Å²) in [4.78, 5) is 22.1. The Kier molecular flexibility index (Phi) is 5.93. The third kappa shape index (κ3) is 5.22. The van der Waals surface area contributed by atoms with Crippen LogP contribution in [-0.2, 0) is 4.79 Å². The number of anilines is 1. The molecule has 0 saturated heterocycles. The molecule has 3 aromatic rings. The Labute approximate surface area is 163 Å². The first-order chi connectivity index (χ1) is 13.9. The van der Waals surface area contributed by atoms with Crippen molar-refractivity contribution in [2.45, 2.75) is 0 Å². The van der Waals surface area contributed by atoms with Gasteiger partial charge in [-0.05, 0) is 48.5 Å². The molecule has 0 atom stereocenters. The zero-order valence-corrected chi connectivity index (χ0v) is 14.8. The molecule has 0 bridgehead atoms. The molecular formula is C19H14F2N4O4. The number of hydrazone groups is 1. The minimum Gasteiger partial charge on any atom is -0.455 e. The maximum absolute atomic E-state index is 13.2. The van der Waals surface area contributed by atoms with E-state index in [1.54, 1.807) is 0 Å². The number of nitrogens with zero attached hydrogens (tertiary/aromatic N) is 2. The molecule has 148 valence electrons. The standard InChI is InChI=1S/C19H14F2N4O4/c20-12-1-4-14(5-2-12)22-11-19(26)24-23-10-15-6-8-18(29-15)16-7-3-13(21)9-17(16)25(27)28/h1-10,22H,11H2,(H,24,26)/b23-10-. The number of nitrogens with one attached hydrogen (secondary N) is 2. The zero-order chi connectivity index (χ0) is 20.8. The van der Waals surface area contributed by atoms with Crippen LogP contribution in [0.15, 0.2) is 64.1 Å². The third-order valence-electron chi connectivity index (χ3n) is 3.73. The predicted molar refractivity (Wildman–Crippen MR) is 101 cm³/mol. The van der Waals surface area contributed by atoms with Crippen molar-refractivity contribution in [1.29, 1.82) is 0 Å². The predicted octanol–water partition coefficient (Wildman–Crippen LogP) is 3.70. The van der Waals surface area contributed by atoms with Crippen LogP contribution in [0.25, 0.3) is 11.3 Å². The minimum absolute atomic E-state index is 0.0891. The SMILES string of the molecule is O=C(CNc1ccc(F)cc1)N/N=C\c1ccc(-c2ccc(F)cc2[N+](=O)[O-])o1. The summed E-state index contributed by atoms with van der Waals surface area (Å²) in [5.41, 5.74) is 2.53. The van der Waals surface area contributed by atoms with Gasteiger partial charge in [0.2, 0.25) is 0 Å². The first-order valence-corrected chi connectivity index (χ1v) is 8.28. The van der Waals surface area contributed by atoms with Gasteiger partial charge in [0.15, 0.2) is 0 Å². The summed E-state index contributed by atoms with van der Waals surface area (Å²) in [6.45, 7) is -0.0891. The molecule has 2 N–H and O–H groups in total. The molecule has 10 heteroatoms. The average molecular weight is 400 g/mol. The topological polar surface area (TPSA) is 110 Å². The van der Waals surface area contributed by atoms with Gasteiger partial charge in [-0.15, -0.1) is 0 Å². The summed E-state index contributed by atoms with van der Waals surface area (Å²) >= 11 is 0. The van der Waals surface area contributed by atoms with Gasteiger partial charge in [0.25, 0.3) is 11.6 Å². The van der Waals surface area contributed by atoms with Crippen molar-refractivity contribution in [3.63, 3.8) is 0 Å². The molecule has 1 aromatic heterocycles. The highest BCUT2D eigenvalue weighted by Gasteiger charge is 2.19. The molecular weight excluding hydrogens is 386 g/mol. The number of halogens is 2. The van der Waals surface area contributed by atoms with Gasteiger partial charge in [-0.2, -0.15) is 5.10 Å². The lowest BCUT2D eigenvalue weighted by atomic mass is 10.1. The second-order valence-corrected chi connectivity index (χ2v) is 5.77. The van der Waals surface area contributed by atoms with Gasteiger partial charge in [0.05, 0.1) is 29.3 Å². The van der Waals surface area contributed by atoms with Crippen molar-refractivity contribution >= 4 is 23.5 Å². The summed E-state index contributed by atoms with van der Waals surface area (Å²) in [5, 5.41) is 17.6. The highest BCUT2D eigenvalue weighted by molar-refractivity contribution is 5.83. The van der Waals surface area contributed by atoms with E-state index in [1.807, 2.05) is 0 Å². The van der Waals surface area contributed by atoms with Crippen molar-refractivity contribution in [3.8, 4) is 11.3 Å².